The quantitative estimate of drug-likeness (QED) is 0.648. The number of aromatic nitrogens is 2. The average molecular weight is 328 g/mol. The van der Waals surface area contributed by atoms with E-state index in [1.165, 1.54) is 12.1 Å². The van der Waals surface area contributed by atoms with Gasteiger partial charge in [0.2, 0.25) is 0 Å². The van der Waals surface area contributed by atoms with Gasteiger partial charge in [0.15, 0.2) is 0 Å². The molecule has 0 saturated carbocycles. The van der Waals surface area contributed by atoms with Crippen LogP contribution in [0.4, 0.5) is 4.39 Å². The summed E-state index contributed by atoms with van der Waals surface area (Å²) >= 11 is 0. The summed E-state index contributed by atoms with van der Waals surface area (Å²) in [5.41, 5.74) is 6.24. The highest BCUT2D eigenvalue weighted by Gasteiger charge is 2.14. The summed E-state index contributed by atoms with van der Waals surface area (Å²) in [5, 5.41) is 0. The van der Waals surface area contributed by atoms with Crippen molar-refractivity contribution in [3.05, 3.63) is 96.7 Å². The molecule has 0 atom stereocenters. The van der Waals surface area contributed by atoms with Crippen molar-refractivity contribution >= 4 is 5.57 Å². The summed E-state index contributed by atoms with van der Waals surface area (Å²) < 4.78 is 13.3. The highest BCUT2D eigenvalue weighted by atomic mass is 19.1. The van der Waals surface area contributed by atoms with Gasteiger partial charge in [0.25, 0.3) is 0 Å². The van der Waals surface area contributed by atoms with E-state index in [1.54, 1.807) is 24.5 Å². The smallest absolute Gasteiger partial charge is 0.123 e. The molecule has 0 radical (unpaired) electrons. The predicted octanol–water partition coefficient (Wildman–Crippen LogP) is 5.78. The Kier molecular flexibility index (Phi) is 4.13. The third-order valence-corrected chi connectivity index (χ3v) is 4.23. The number of rotatable bonds is 3. The summed E-state index contributed by atoms with van der Waals surface area (Å²) in [7, 11) is 0. The van der Waals surface area contributed by atoms with Crippen LogP contribution >= 0.6 is 0 Å². The summed E-state index contributed by atoms with van der Waals surface area (Å²) in [6.07, 6.45) is 15.0. The Morgan fingerprint density at radius 3 is 2.52 bits per heavy atom. The second-order valence-corrected chi connectivity index (χ2v) is 5.90. The fraction of sp³-hybridized carbons (Fsp3) is 0.0455. The van der Waals surface area contributed by atoms with Crippen LogP contribution in [0.3, 0.4) is 0 Å². The molecule has 1 aliphatic rings. The maximum absolute atomic E-state index is 13.3. The van der Waals surface area contributed by atoms with E-state index in [2.05, 4.69) is 46.4 Å². The Balaban J connectivity index is 1.88. The molecule has 3 aromatic rings. The zero-order valence-corrected chi connectivity index (χ0v) is 13.6. The van der Waals surface area contributed by atoms with Gasteiger partial charge in [-0.2, -0.15) is 0 Å². The lowest BCUT2D eigenvalue weighted by Gasteiger charge is -2.04. The van der Waals surface area contributed by atoms with E-state index in [0.29, 0.717) is 0 Å². The van der Waals surface area contributed by atoms with Crippen molar-refractivity contribution in [1.29, 1.82) is 0 Å². The van der Waals surface area contributed by atoms with Gasteiger partial charge < -0.3 is 4.98 Å². The van der Waals surface area contributed by atoms with E-state index in [9.17, 15) is 4.39 Å². The lowest BCUT2D eigenvalue weighted by atomic mass is 10.0. The molecule has 2 heterocycles. The normalized spacial score (nSPS) is 13.6. The van der Waals surface area contributed by atoms with Crippen LogP contribution in [0.1, 0.15) is 12.1 Å². The fourth-order valence-corrected chi connectivity index (χ4v) is 2.97. The first kappa shape index (κ1) is 15.3. The van der Waals surface area contributed by atoms with Crippen LogP contribution in [0, 0.1) is 5.82 Å². The molecular weight excluding hydrogens is 311 g/mol. The molecule has 122 valence electrons. The van der Waals surface area contributed by atoms with E-state index in [-0.39, 0.29) is 5.82 Å². The van der Waals surface area contributed by atoms with Gasteiger partial charge in [0, 0.05) is 23.7 Å². The number of nitrogens with one attached hydrogen (secondary N) is 1. The van der Waals surface area contributed by atoms with Gasteiger partial charge in [-0.05, 0) is 65.6 Å². The van der Waals surface area contributed by atoms with Crippen molar-refractivity contribution < 1.29 is 4.39 Å². The number of benzene rings is 1. The molecule has 0 saturated heterocycles. The van der Waals surface area contributed by atoms with E-state index < -0.39 is 0 Å². The lowest BCUT2D eigenvalue weighted by molar-refractivity contribution is 0.628. The highest BCUT2D eigenvalue weighted by Crippen LogP contribution is 2.35. The largest absolute Gasteiger partial charge is 0.354 e. The molecule has 0 bridgehead atoms. The van der Waals surface area contributed by atoms with Gasteiger partial charge in [-0.15, -0.1) is 0 Å². The second kappa shape index (κ2) is 6.73. The van der Waals surface area contributed by atoms with Gasteiger partial charge >= 0.3 is 0 Å². The molecule has 2 nitrogen and oxygen atoms in total. The number of nitrogens with zero attached hydrogens (tertiary/aromatic N) is 1. The number of H-pyrrole nitrogens is 1. The van der Waals surface area contributed by atoms with Crippen molar-refractivity contribution in [3.63, 3.8) is 0 Å². The molecule has 0 unspecified atom stereocenters. The van der Waals surface area contributed by atoms with Gasteiger partial charge in [-0.1, -0.05) is 30.4 Å². The molecule has 0 amide bonds. The van der Waals surface area contributed by atoms with Crippen LogP contribution in [0.25, 0.3) is 28.0 Å². The van der Waals surface area contributed by atoms with Crippen molar-refractivity contribution in [3.8, 4) is 22.4 Å². The Bertz CT molecular complexity index is 961. The number of halogens is 1. The molecule has 2 aromatic heterocycles. The average Bonchev–Trinajstić information content (AvgIpc) is 2.91. The Hall–Kier alpha value is -3.20. The molecule has 1 N–H and O–H groups in total. The molecular formula is C22H17FN2. The maximum atomic E-state index is 13.3. The zero-order valence-electron chi connectivity index (χ0n) is 13.6. The van der Waals surface area contributed by atoms with Crippen molar-refractivity contribution in [2.45, 2.75) is 6.42 Å². The van der Waals surface area contributed by atoms with Crippen LogP contribution < -0.4 is 0 Å². The van der Waals surface area contributed by atoms with Crippen LogP contribution in [0.15, 0.2) is 85.2 Å². The molecule has 0 fully saturated rings. The standard InChI is InChI=1S/C22H17FN2/c23-19-9-7-18(8-10-19)22-20(16-11-13-24-14-12-16)15-21(25-22)17-5-3-1-2-4-6-17/h1,3-15,25H,2H2. The zero-order chi connectivity index (χ0) is 17.1. The van der Waals surface area contributed by atoms with Crippen LogP contribution in [-0.4, -0.2) is 9.97 Å². The minimum atomic E-state index is -0.236. The van der Waals surface area contributed by atoms with E-state index in [4.69, 9.17) is 0 Å². The van der Waals surface area contributed by atoms with E-state index in [1.807, 2.05) is 12.1 Å². The molecule has 4 rings (SSSR count). The monoisotopic (exact) mass is 328 g/mol. The highest BCUT2D eigenvalue weighted by molar-refractivity contribution is 5.86. The van der Waals surface area contributed by atoms with Crippen LogP contribution in [-0.2, 0) is 0 Å². The molecule has 0 spiro atoms. The molecule has 25 heavy (non-hydrogen) atoms. The Labute approximate surface area is 146 Å². The first-order chi connectivity index (χ1) is 12.3. The van der Waals surface area contributed by atoms with Crippen LogP contribution in [0.5, 0.6) is 0 Å². The topological polar surface area (TPSA) is 28.7 Å². The van der Waals surface area contributed by atoms with Crippen molar-refractivity contribution in [1.82, 2.24) is 9.97 Å². The summed E-state index contributed by atoms with van der Waals surface area (Å²) in [5.74, 6) is -0.236. The number of pyridine rings is 1. The minimum Gasteiger partial charge on any atom is -0.354 e. The van der Waals surface area contributed by atoms with Gasteiger partial charge in [-0.3, -0.25) is 4.98 Å². The van der Waals surface area contributed by atoms with E-state index >= 15 is 0 Å². The van der Waals surface area contributed by atoms with Gasteiger partial charge in [-0.25, -0.2) is 4.39 Å². The van der Waals surface area contributed by atoms with Gasteiger partial charge in [0.05, 0.1) is 5.69 Å². The lowest BCUT2D eigenvalue weighted by Crippen LogP contribution is -1.84. The summed E-state index contributed by atoms with van der Waals surface area (Å²) in [6, 6.07) is 12.7. The van der Waals surface area contributed by atoms with Crippen LogP contribution in [0.2, 0.25) is 0 Å². The molecule has 1 aromatic carbocycles. The number of aromatic amines is 1. The first-order valence-corrected chi connectivity index (χ1v) is 8.24. The third-order valence-electron chi connectivity index (χ3n) is 4.23. The second-order valence-electron chi connectivity index (χ2n) is 5.90. The number of hydrogen-bond acceptors (Lipinski definition) is 1. The minimum absolute atomic E-state index is 0.236. The Morgan fingerprint density at radius 1 is 0.920 bits per heavy atom. The summed E-state index contributed by atoms with van der Waals surface area (Å²) in [4.78, 5) is 7.62. The number of allylic oxidation sites excluding steroid dienone is 6. The maximum Gasteiger partial charge on any atom is 0.123 e. The molecule has 0 aliphatic heterocycles. The molecule has 1 aliphatic carbocycles. The predicted molar refractivity (Wildman–Crippen MR) is 100 cm³/mol. The third kappa shape index (κ3) is 3.22. The van der Waals surface area contributed by atoms with Crippen molar-refractivity contribution in [2.75, 3.05) is 0 Å². The SMILES string of the molecule is Fc1ccc(-c2[nH]c(C3=CC=CCC=C3)cc2-c2ccncc2)cc1. The van der Waals surface area contributed by atoms with Crippen molar-refractivity contribution in [2.24, 2.45) is 0 Å². The first-order valence-electron chi connectivity index (χ1n) is 8.24. The number of hydrogen-bond donors (Lipinski definition) is 1. The molecule has 3 heteroatoms. The summed E-state index contributed by atoms with van der Waals surface area (Å²) in [6.45, 7) is 0. The Morgan fingerprint density at radius 2 is 1.72 bits per heavy atom. The van der Waals surface area contributed by atoms with E-state index in [0.717, 1.165) is 40.1 Å². The fourth-order valence-electron chi connectivity index (χ4n) is 2.97. The van der Waals surface area contributed by atoms with Gasteiger partial charge in [0.1, 0.15) is 5.82 Å².